The predicted molar refractivity (Wildman–Crippen MR) is 51.1 cm³/mol. The van der Waals surface area contributed by atoms with E-state index in [0.717, 1.165) is 16.5 Å². The van der Waals surface area contributed by atoms with Crippen molar-refractivity contribution in [3.05, 3.63) is 42.1 Å². The first kappa shape index (κ1) is 7.73. The van der Waals surface area contributed by atoms with Crippen molar-refractivity contribution in [1.82, 2.24) is 4.98 Å². The van der Waals surface area contributed by atoms with Gasteiger partial charge in [-0.1, -0.05) is 29.4 Å². The lowest BCUT2D eigenvalue weighted by Crippen LogP contribution is -1.86. The molecule has 2 aromatic rings. The maximum absolute atomic E-state index is 8.42. The molecule has 2 rings (SSSR count). The molecule has 0 radical (unpaired) electrons. The van der Waals surface area contributed by atoms with Gasteiger partial charge in [0.05, 0.1) is 11.7 Å². The highest BCUT2D eigenvalue weighted by atomic mass is 16.4. The van der Waals surface area contributed by atoms with Crippen LogP contribution in [-0.2, 0) is 0 Å². The molecule has 0 unspecified atom stereocenters. The van der Waals surface area contributed by atoms with E-state index in [0.29, 0.717) is 0 Å². The molecule has 0 spiro atoms. The number of pyridine rings is 1. The van der Waals surface area contributed by atoms with Crippen molar-refractivity contribution in [2.24, 2.45) is 5.16 Å². The summed E-state index contributed by atoms with van der Waals surface area (Å²) >= 11 is 0. The number of nitrogens with zero attached hydrogens (tertiary/aromatic N) is 2. The number of hydrogen-bond donors (Lipinski definition) is 1. The van der Waals surface area contributed by atoms with Crippen LogP contribution in [0.5, 0.6) is 0 Å². The minimum Gasteiger partial charge on any atom is -0.411 e. The summed E-state index contributed by atoms with van der Waals surface area (Å²) in [7, 11) is 0. The molecule has 3 nitrogen and oxygen atoms in total. The van der Waals surface area contributed by atoms with Crippen LogP contribution in [0.3, 0.4) is 0 Å². The van der Waals surface area contributed by atoms with Gasteiger partial charge in [0.2, 0.25) is 0 Å². The number of aromatic nitrogens is 1. The quantitative estimate of drug-likeness (QED) is 0.406. The van der Waals surface area contributed by atoms with Gasteiger partial charge in [0.1, 0.15) is 0 Å². The number of oxime groups is 1. The number of hydrogen-bond acceptors (Lipinski definition) is 3. The lowest BCUT2D eigenvalue weighted by Gasteiger charge is -1.98. The van der Waals surface area contributed by atoms with Gasteiger partial charge in [0.15, 0.2) is 0 Å². The second-order valence-electron chi connectivity index (χ2n) is 2.67. The van der Waals surface area contributed by atoms with E-state index in [4.69, 9.17) is 5.21 Å². The third kappa shape index (κ3) is 1.36. The molecular weight excluding hydrogens is 164 g/mol. The van der Waals surface area contributed by atoms with Crippen LogP contribution in [0.1, 0.15) is 5.56 Å². The van der Waals surface area contributed by atoms with Crippen LogP contribution in [0.25, 0.3) is 10.9 Å². The molecule has 1 aromatic carbocycles. The molecular formula is C10H8N2O. The molecule has 1 N–H and O–H groups in total. The molecule has 64 valence electrons. The van der Waals surface area contributed by atoms with Crippen molar-refractivity contribution in [2.75, 3.05) is 0 Å². The molecule has 0 fully saturated rings. The maximum Gasteiger partial charge on any atom is 0.0790 e. The Balaban J connectivity index is 2.75. The lowest BCUT2D eigenvalue weighted by atomic mass is 10.1. The van der Waals surface area contributed by atoms with E-state index >= 15 is 0 Å². The van der Waals surface area contributed by atoms with Gasteiger partial charge >= 0.3 is 0 Å². The summed E-state index contributed by atoms with van der Waals surface area (Å²) in [6.45, 7) is 0. The smallest absolute Gasteiger partial charge is 0.0790 e. The van der Waals surface area contributed by atoms with Crippen molar-refractivity contribution in [1.29, 1.82) is 0 Å². The highest BCUT2D eigenvalue weighted by molar-refractivity contribution is 5.96. The second-order valence-corrected chi connectivity index (χ2v) is 2.67. The first-order valence-electron chi connectivity index (χ1n) is 3.93. The topological polar surface area (TPSA) is 45.5 Å². The Morgan fingerprint density at radius 2 is 2.08 bits per heavy atom. The predicted octanol–water partition coefficient (Wildman–Crippen LogP) is 2.04. The van der Waals surface area contributed by atoms with Crippen molar-refractivity contribution in [3.63, 3.8) is 0 Å². The van der Waals surface area contributed by atoms with Gasteiger partial charge in [-0.25, -0.2) is 0 Å². The highest BCUT2D eigenvalue weighted by Gasteiger charge is 1.97. The Kier molecular flexibility index (Phi) is 1.92. The first-order chi connectivity index (χ1) is 6.42. The summed E-state index contributed by atoms with van der Waals surface area (Å²) in [6.07, 6.45) is 3.10. The minimum atomic E-state index is 0.820. The van der Waals surface area contributed by atoms with E-state index in [-0.39, 0.29) is 0 Å². The second kappa shape index (κ2) is 3.23. The molecule has 0 atom stereocenters. The van der Waals surface area contributed by atoms with Crippen molar-refractivity contribution in [3.8, 4) is 0 Å². The molecule has 0 aliphatic rings. The molecule has 1 aromatic heterocycles. The summed E-state index contributed by atoms with van der Waals surface area (Å²) in [5, 5.41) is 12.5. The zero-order valence-corrected chi connectivity index (χ0v) is 6.88. The van der Waals surface area contributed by atoms with E-state index in [1.807, 2.05) is 30.3 Å². The Hall–Kier alpha value is -1.90. The van der Waals surface area contributed by atoms with Gasteiger partial charge in [-0.15, -0.1) is 0 Å². The maximum atomic E-state index is 8.42. The SMILES string of the molecule is ON=Cc1cccc2cccnc12. The van der Waals surface area contributed by atoms with Gasteiger partial charge in [-0.2, -0.15) is 0 Å². The Labute approximate surface area is 75.3 Å². The molecule has 0 saturated carbocycles. The van der Waals surface area contributed by atoms with Crippen molar-refractivity contribution < 1.29 is 5.21 Å². The molecule has 0 amide bonds. The summed E-state index contributed by atoms with van der Waals surface area (Å²) in [5.41, 5.74) is 1.67. The van der Waals surface area contributed by atoms with E-state index in [2.05, 4.69) is 10.1 Å². The summed E-state index contributed by atoms with van der Waals surface area (Å²) in [6, 6.07) is 9.58. The summed E-state index contributed by atoms with van der Waals surface area (Å²) in [4.78, 5) is 4.20. The van der Waals surface area contributed by atoms with E-state index in [1.165, 1.54) is 6.21 Å². The van der Waals surface area contributed by atoms with Crippen LogP contribution >= 0.6 is 0 Å². The molecule has 0 bridgehead atoms. The number of fused-ring (bicyclic) bond motifs is 1. The van der Waals surface area contributed by atoms with E-state index < -0.39 is 0 Å². The summed E-state index contributed by atoms with van der Waals surface area (Å²) in [5.74, 6) is 0. The first-order valence-corrected chi connectivity index (χ1v) is 3.93. The lowest BCUT2D eigenvalue weighted by molar-refractivity contribution is 0.322. The van der Waals surface area contributed by atoms with E-state index in [1.54, 1.807) is 6.20 Å². The van der Waals surface area contributed by atoms with Crippen LogP contribution in [0.15, 0.2) is 41.7 Å². The fourth-order valence-corrected chi connectivity index (χ4v) is 1.29. The third-order valence-electron chi connectivity index (χ3n) is 1.86. The number of benzene rings is 1. The number of para-hydroxylation sites is 1. The van der Waals surface area contributed by atoms with Gasteiger partial charge in [-0.3, -0.25) is 4.98 Å². The zero-order chi connectivity index (χ0) is 9.10. The fraction of sp³-hybridized carbons (Fsp3) is 0. The Bertz CT molecular complexity index is 446. The van der Waals surface area contributed by atoms with Gasteiger partial charge in [0, 0.05) is 17.1 Å². The Morgan fingerprint density at radius 1 is 1.23 bits per heavy atom. The van der Waals surface area contributed by atoms with Gasteiger partial charge in [-0.05, 0) is 6.07 Å². The molecule has 3 heteroatoms. The van der Waals surface area contributed by atoms with Crippen LogP contribution in [0.2, 0.25) is 0 Å². The molecule has 0 aliphatic carbocycles. The normalized spacial score (nSPS) is 11.1. The van der Waals surface area contributed by atoms with Crippen molar-refractivity contribution in [2.45, 2.75) is 0 Å². The monoisotopic (exact) mass is 172 g/mol. The average Bonchev–Trinajstić information content (AvgIpc) is 2.19. The average molecular weight is 172 g/mol. The van der Waals surface area contributed by atoms with Crippen LogP contribution in [0.4, 0.5) is 0 Å². The molecule has 1 heterocycles. The Morgan fingerprint density at radius 3 is 2.92 bits per heavy atom. The van der Waals surface area contributed by atoms with Crippen molar-refractivity contribution >= 4 is 17.1 Å². The van der Waals surface area contributed by atoms with Crippen LogP contribution in [-0.4, -0.2) is 16.4 Å². The molecule has 0 saturated heterocycles. The fourth-order valence-electron chi connectivity index (χ4n) is 1.29. The molecule has 13 heavy (non-hydrogen) atoms. The summed E-state index contributed by atoms with van der Waals surface area (Å²) < 4.78 is 0. The number of rotatable bonds is 1. The zero-order valence-electron chi connectivity index (χ0n) is 6.88. The molecule has 0 aliphatic heterocycles. The highest BCUT2D eigenvalue weighted by Crippen LogP contribution is 2.13. The van der Waals surface area contributed by atoms with Crippen LogP contribution < -0.4 is 0 Å². The van der Waals surface area contributed by atoms with Gasteiger partial charge in [0.25, 0.3) is 0 Å². The largest absolute Gasteiger partial charge is 0.411 e. The van der Waals surface area contributed by atoms with E-state index in [9.17, 15) is 0 Å². The standard InChI is InChI=1S/C10H8N2O/c13-12-7-9-4-1-3-8-5-2-6-11-10(8)9/h1-7,13H. The van der Waals surface area contributed by atoms with Gasteiger partial charge < -0.3 is 5.21 Å². The third-order valence-corrected chi connectivity index (χ3v) is 1.86. The van der Waals surface area contributed by atoms with Crippen LogP contribution in [0, 0.1) is 0 Å². The minimum absolute atomic E-state index is 0.820.